The SMILES string of the molecule is C[N+]1=C(c2ccc(F)cc2)Cc2ncc(C(=O)N3CCCC(COc4cccnc4C(F)(F)F)C3)nc21. The van der Waals surface area contributed by atoms with Crippen LogP contribution in [0.1, 0.15) is 40.3 Å². The highest BCUT2D eigenvalue weighted by Crippen LogP contribution is 2.34. The Morgan fingerprint density at radius 1 is 1.19 bits per heavy atom. The Balaban J connectivity index is 1.28. The lowest BCUT2D eigenvalue weighted by molar-refractivity contribution is -0.405. The van der Waals surface area contributed by atoms with Gasteiger partial charge in [0, 0.05) is 30.8 Å². The van der Waals surface area contributed by atoms with Gasteiger partial charge in [0.05, 0.1) is 26.3 Å². The van der Waals surface area contributed by atoms with E-state index in [1.807, 2.05) is 11.6 Å². The molecule has 2 aliphatic rings. The highest BCUT2D eigenvalue weighted by molar-refractivity contribution is 6.01. The Labute approximate surface area is 210 Å². The number of rotatable bonds is 5. The number of ether oxygens (including phenoxy) is 1. The standard InChI is InChI=1S/C26H24F4N5O2/c1-34-21(17-6-8-18(27)9-7-17)12-19-24(34)33-20(13-32-19)25(36)35-11-3-4-16(14-35)15-37-22-5-2-10-31-23(22)26(28,29)30/h2,5-10,13,16H,3-4,11-12,14-15H2,1H3/q+1. The zero-order valence-electron chi connectivity index (χ0n) is 20.0. The minimum atomic E-state index is -4.61. The number of amides is 1. The highest BCUT2D eigenvalue weighted by atomic mass is 19.4. The first-order valence-corrected chi connectivity index (χ1v) is 11.9. The summed E-state index contributed by atoms with van der Waals surface area (Å²) in [6, 6.07) is 8.81. The number of carbonyl (C=O) groups excluding carboxylic acids is 1. The molecule has 5 rings (SSSR count). The Kier molecular flexibility index (Phi) is 6.61. The van der Waals surface area contributed by atoms with Gasteiger partial charge in [0.25, 0.3) is 11.6 Å². The lowest BCUT2D eigenvalue weighted by atomic mass is 9.98. The molecule has 0 aliphatic carbocycles. The van der Waals surface area contributed by atoms with E-state index in [9.17, 15) is 22.4 Å². The molecule has 37 heavy (non-hydrogen) atoms. The van der Waals surface area contributed by atoms with Gasteiger partial charge in [-0.3, -0.25) is 4.79 Å². The van der Waals surface area contributed by atoms with Crippen LogP contribution in [0.5, 0.6) is 5.75 Å². The third kappa shape index (κ3) is 5.16. The number of benzene rings is 1. The summed E-state index contributed by atoms with van der Waals surface area (Å²) < 4.78 is 60.3. The first-order chi connectivity index (χ1) is 17.7. The minimum Gasteiger partial charge on any atom is -0.491 e. The van der Waals surface area contributed by atoms with Crippen molar-refractivity contribution in [3.8, 4) is 5.75 Å². The third-order valence-corrected chi connectivity index (χ3v) is 6.60. The quantitative estimate of drug-likeness (QED) is 0.376. The lowest BCUT2D eigenvalue weighted by Crippen LogP contribution is -2.42. The minimum absolute atomic E-state index is 0.0349. The maximum absolute atomic E-state index is 13.3. The van der Waals surface area contributed by atoms with Crippen LogP contribution in [-0.2, 0) is 12.6 Å². The van der Waals surface area contributed by atoms with Crippen molar-refractivity contribution in [3.05, 3.63) is 77.3 Å². The van der Waals surface area contributed by atoms with Crippen molar-refractivity contribution in [2.75, 3.05) is 26.7 Å². The van der Waals surface area contributed by atoms with Crippen molar-refractivity contribution < 1.29 is 31.7 Å². The van der Waals surface area contributed by atoms with Gasteiger partial charge in [0.1, 0.15) is 23.0 Å². The van der Waals surface area contributed by atoms with Gasteiger partial charge in [-0.05, 0) is 54.2 Å². The maximum Gasteiger partial charge on any atom is 0.437 e. The summed E-state index contributed by atoms with van der Waals surface area (Å²) >= 11 is 0. The molecule has 3 aromatic rings. The maximum atomic E-state index is 13.3. The van der Waals surface area contributed by atoms with Crippen LogP contribution in [0, 0.1) is 11.7 Å². The molecular formula is C26H24F4N5O2+. The van der Waals surface area contributed by atoms with Gasteiger partial charge < -0.3 is 9.64 Å². The fraction of sp³-hybridized carbons (Fsp3) is 0.346. The van der Waals surface area contributed by atoms with E-state index in [2.05, 4.69) is 15.0 Å². The summed E-state index contributed by atoms with van der Waals surface area (Å²) in [6.07, 6.45) is -0.158. The van der Waals surface area contributed by atoms with Gasteiger partial charge >= 0.3 is 12.0 Å². The zero-order valence-corrected chi connectivity index (χ0v) is 20.0. The molecule has 2 aromatic heterocycles. The molecule has 0 N–H and O–H groups in total. The van der Waals surface area contributed by atoms with Crippen LogP contribution < -0.4 is 4.74 Å². The van der Waals surface area contributed by atoms with Crippen LogP contribution >= 0.6 is 0 Å². The predicted octanol–water partition coefficient (Wildman–Crippen LogP) is 4.28. The molecule has 2 aliphatic heterocycles. The number of halogens is 4. The number of likely N-dealkylation sites (tertiary alicyclic amines) is 1. The molecule has 1 atom stereocenters. The first-order valence-electron chi connectivity index (χ1n) is 11.9. The fourth-order valence-corrected chi connectivity index (χ4v) is 4.72. The zero-order chi connectivity index (χ0) is 26.2. The summed E-state index contributed by atoms with van der Waals surface area (Å²) in [4.78, 5) is 27.3. The third-order valence-electron chi connectivity index (χ3n) is 6.60. The van der Waals surface area contributed by atoms with Crippen LogP contribution in [0.15, 0.2) is 48.8 Å². The highest BCUT2D eigenvalue weighted by Gasteiger charge is 2.37. The number of pyridine rings is 1. The van der Waals surface area contributed by atoms with Gasteiger partial charge in [-0.2, -0.15) is 13.2 Å². The molecule has 0 saturated carbocycles. The van der Waals surface area contributed by atoms with Gasteiger partial charge in [-0.15, -0.1) is 0 Å². The molecule has 4 heterocycles. The second-order valence-corrected chi connectivity index (χ2v) is 9.13. The summed E-state index contributed by atoms with van der Waals surface area (Å²) in [5, 5.41) is 0. The molecule has 0 spiro atoms. The summed E-state index contributed by atoms with van der Waals surface area (Å²) in [7, 11) is 1.83. The summed E-state index contributed by atoms with van der Waals surface area (Å²) in [6.45, 7) is 0.882. The van der Waals surface area contributed by atoms with E-state index >= 15 is 0 Å². The Morgan fingerprint density at radius 3 is 2.73 bits per heavy atom. The molecule has 0 bridgehead atoms. The second-order valence-electron chi connectivity index (χ2n) is 9.13. The summed E-state index contributed by atoms with van der Waals surface area (Å²) in [5.41, 5.74) is 1.61. The largest absolute Gasteiger partial charge is 0.491 e. The van der Waals surface area contributed by atoms with E-state index in [-0.39, 0.29) is 35.7 Å². The van der Waals surface area contributed by atoms with E-state index < -0.39 is 11.9 Å². The molecule has 1 amide bonds. The number of aromatic nitrogens is 3. The molecule has 1 aromatic carbocycles. The molecule has 192 valence electrons. The Bertz CT molecular complexity index is 1360. The Hall–Kier alpha value is -3.89. The van der Waals surface area contributed by atoms with Crippen LogP contribution in [0.4, 0.5) is 23.4 Å². The normalized spacial score (nSPS) is 17.6. The Morgan fingerprint density at radius 2 is 1.97 bits per heavy atom. The summed E-state index contributed by atoms with van der Waals surface area (Å²) in [5.74, 6) is -0.501. The van der Waals surface area contributed by atoms with Crippen molar-refractivity contribution in [2.45, 2.75) is 25.4 Å². The molecule has 1 fully saturated rings. The van der Waals surface area contributed by atoms with Crippen LogP contribution in [0.25, 0.3) is 0 Å². The molecule has 1 unspecified atom stereocenters. The molecule has 0 radical (unpaired) electrons. The van der Waals surface area contributed by atoms with Crippen molar-refractivity contribution in [1.29, 1.82) is 0 Å². The molecular weight excluding hydrogens is 490 g/mol. The van der Waals surface area contributed by atoms with Crippen LogP contribution in [0.2, 0.25) is 0 Å². The van der Waals surface area contributed by atoms with E-state index in [0.29, 0.717) is 31.7 Å². The van der Waals surface area contributed by atoms with Gasteiger partial charge in [-0.25, -0.2) is 18.9 Å². The van der Waals surface area contributed by atoms with E-state index in [4.69, 9.17) is 4.74 Å². The van der Waals surface area contributed by atoms with Gasteiger partial charge in [0.15, 0.2) is 5.69 Å². The fourth-order valence-electron chi connectivity index (χ4n) is 4.72. The molecule has 11 heteroatoms. The second kappa shape index (κ2) is 9.87. The molecule has 1 saturated heterocycles. The topological polar surface area (TPSA) is 71.2 Å². The number of nitrogens with zero attached hydrogens (tertiary/aromatic N) is 5. The number of carbonyl (C=O) groups is 1. The lowest BCUT2D eigenvalue weighted by Gasteiger charge is -2.32. The van der Waals surface area contributed by atoms with Crippen LogP contribution in [-0.4, -0.2) is 62.8 Å². The average molecular weight is 515 g/mol. The average Bonchev–Trinajstić information content (AvgIpc) is 3.23. The number of hydrogen-bond acceptors (Lipinski definition) is 5. The smallest absolute Gasteiger partial charge is 0.437 e. The van der Waals surface area contributed by atoms with Crippen molar-refractivity contribution in [1.82, 2.24) is 19.9 Å². The van der Waals surface area contributed by atoms with Crippen molar-refractivity contribution in [2.24, 2.45) is 5.92 Å². The number of hydrogen-bond donors (Lipinski definition) is 0. The first kappa shape index (κ1) is 24.8. The predicted molar refractivity (Wildman–Crippen MR) is 125 cm³/mol. The monoisotopic (exact) mass is 514 g/mol. The molecule has 7 nitrogen and oxygen atoms in total. The van der Waals surface area contributed by atoms with E-state index in [1.165, 1.54) is 30.5 Å². The van der Waals surface area contributed by atoms with E-state index in [0.717, 1.165) is 29.6 Å². The number of piperidine rings is 1. The van der Waals surface area contributed by atoms with E-state index in [1.54, 1.807) is 17.0 Å². The van der Waals surface area contributed by atoms with Crippen molar-refractivity contribution >= 4 is 17.4 Å². The number of alkyl halides is 3. The van der Waals surface area contributed by atoms with Gasteiger partial charge in [-0.1, -0.05) is 0 Å². The van der Waals surface area contributed by atoms with Crippen LogP contribution in [0.3, 0.4) is 0 Å². The van der Waals surface area contributed by atoms with Crippen molar-refractivity contribution in [3.63, 3.8) is 0 Å². The number of fused-ring (bicyclic) bond motifs is 1. The van der Waals surface area contributed by atoms with Gasteiger partial charge in [0.2, 0.25) is 0 Å².